The number of halogens is 3. The van der Waals surface area contributed by atoms with Gasteiger partial charge in [0.05, 0.1) is 53.8 Å². The van der Waals surface area contributed by atoms with Gasteiger partial charge in [0.15, 0.2) is 5.69 Å². The molecule has 5 aromatic rings. The third-order valence-electron chi connectivity index (χ3n) is 7.01. The fourth-order valence-electron chi connectivity index (χ4n) is 4.94. The van der Waals surface area contributed by atoms with Crippen molar-refractivity contribution in [2.45, 2.75) is 39.0 Å². The maximum absolute atomic E-state index is 14.1. The predicted octanol–water partition coefficient (Wildman–Crippen LogP) is 5.91. The van der Waals surface area contributed by atoms with Crippen molar-refractivity contribution in [3.8, 4) is 22.8 Å². The Bertz CT molecular complexity index is 1970. The van der Waals surface area contributed by atoms with Crippen molar-refractivity contribution in [1.82, 2.24) is 34.1 Å². The van der Waals surface area contributed by atoms with Gasteiger partial charge in [0.2, 0.25) is 5.89 Å². The maximum atomic E-state index is 14.1. The second-order valence-corrected chi connectivity index (χ2v) is 11.1. The highest BCUT2D eigenvalue weighted by atomic mass is 19.4. The lowest BCUT2D eigenvalue weighted by molar-refractivity contribution is -0.137. The molecule has 2 aromatic carbocycles. The molecular formula is C31H29F3N8O3. The van der Waals surface area contributed by atoms with Crippen molar-refractivity contribution in [3.05, 3.63) is 112 Å². The molecule has 3 aromatic heterocycles. The molecule has 0 saturated carbocycles. The second kappa shape index (κ2) is 11.6. The van der Waals surface area contributed by atoms with Crippen LogP contribution in [0.2, 0.25) is 0 Å². The summed E-state index contributed by atoms with van der Waals surface area (Å²) in [5.41, 5.74) is -1.59. The van der Waals surface area contributed by atoms with Crippen molar-refractivity contribution in [2.75, 3.05) is 14.1 Å². The fourth-order valence-corrected chi connectivity index (χ4v) is 4.94. The number of rotatable bonds is 7. The summed E-state index contributed by atoms with van der Waals surface area (Å²) < 4.78 is 50.1. The summed E-state index contributed by atoms with van der Waals surface area (Å²) in [4.78, 5) is 37.7. The highest BCUT2D eigenvalue weighted by molar-refractivity contribution is 5.84. The van der Waals surface area contributed by atoms with Crippen LogP contribution >= 0.6 is 0 Å². The molecule has 0 aliphatic carbocycles. The average molecular weight is 619 g/mol. The molecule has 0 atom stereocenters. The molecule has 0 aliphatic heterocycles. The van der Waals surface area contributed by atoms with E-state index in [0.29, 0.717) is 29.4 Å². The minimum Gasteiger partial charge on any atom is -0.442 e. The van der Waals surface area contributed by atoms with Gasteiger partial charge in [-0.05, 0) is 71.3 Å². The molecule has 0 bridgehead atoms. The third kappa shape index (κ3) is 6.02. The molecule has 0 fully saturated rings. The lowest BCUT2D eigenvalue weighted by Gasteiger charge is -2.23. The first-order valence-corrected chi connectivity index (χ1v) is 13.7. The molecule has 11 nitrogen and oxygen atoms in total. The Kier molecular flexibility index (Phi) is 7.99. The van der Waals surface area contributed by atoms with Gasteiger partial charge in [0.1, 0.15) is 17.0 Å². The van der Waals surface area contributed by atoms with E-state index >= 15 is 0 Å². The van der Waals surface area contributed by atoms with Gasteiger partial charge in [-0.15, -0.1) is 0 Å². The molecule has 45 heavy (non-hydrogen) atoms. The van der Waals surface area contributed by atoms with Crippen molar-refractivity contribution >= 4 is 11.7 Å². The van der Waals surface area contributed by atoms with Crippen LogP contribution in [0.5, 0.6) is 0 Å². The molecule has 0 unspecified atom stereocenters. The number of imidazole rings is 1. The van der Waals surface area contributed by atoms with E-state index < -0.39 is 29.0 Å². The summed E-state index contributed by atoms with van der Waals surface area (Å²) in [6, 6.07) is 11.5. The number of amides is 1. The number of carbonyl (C=O) groups excluding carboxylic acids is 1. The van der Waals surface area contributed by atoms with Crippen molar-refractivity contribution in [1.29, 1.82) is 0 Å². The SMILES string of the molecule is [C-]#[N+]c1ccc(-n2nccc2-c2c(C)n(-c3cccc(C(F)(F)F)c3)c(=O)n2C(=O)NC(C)(C)c2ncc(CN(C)C)o2)cc1. The molecule has 232 valence electrons. The Hall–Kier alpha value is -5.42. The Morgan fingerprint density at radius 2 is 1.80 bits per heavy atom. The van der Waals surface area contributed by atoms with E-state index in [1.165, 1.54) is 29.9 Å². The van der Waals surface area contributed by atoms with Gasteiger partial charge in [-0.25, -0.2) is 28.7 Å². The molecule has 1 amide bonds. The first-order chi connectivity index (χ1) is 21.2. The smallest absolute Gasteiger partial charge is 0.416 e. The first-order valence-electron chi connectivity index (χ1n) is 13.7. The normalized spacial score (nSPS) is 12.0. The minimum absolute atomic E-state index is 0.0760. The molecule has 14 heteroatoms. The molecular weight excluding hydrogens is 589 g/mol. The highest BCUT2D eigenvalue weighted by Gasteiger charge is 2.34. The summed E-state index contributed by atoms with van der Waals surface area (Å²) in [7, 11) is 3.73. The summed E-state index contributed by atoms with van der Waals surface area (Å²) in [6.07, 6.45) is -1.64. The van der Waals surface area contributed by atoms with Gasteiger partial charge in [-0.1, -0.05) is 18.2 Å². The van der Waals surface area contributed by atoms with Gasteiger partial charge in [0, 0.05) is 0 Å². The Morgan fingerprint density at radius 3 is 2.44 bits per heavy atom. The second-order valence-electron chi connectivity index (χ2n) is 11.1. The van der Waals surface area contributed by atoms with E-state index in [1.54, 1.807) is 50.4 Å². The van der Waals surface area contributed by atoms with E-state index in [2.05, 4.69) is 20.2 Å². The summed E-state index contributed by atoms with van der Waals surface area (Å²) in [5.74, 6) is 0.760. The predicted molar refractivity (Wildman–Crippen MR) is 159 cm³/mol. The van der Waals surface area contributed by atoms with Gasteiger partial charge < -0.3 is 14.6 Å². The zero-order valence-electron chi connectivity index (χ0n) is 25.0. The number of carbonyl (C=O) groups is 1. The Labute approximate surface area is 256 Å². The Balaban J connectivity index is 1.67. The summed E-state index contributed by atoms with van der Waals surface area (Å²) in [5, 5.41) is 7.17. The number of hydrogen-bond donors (Lipinski definition) is 1. The fraction of sp³-hybridized carbons (Fsp3) is 0.258. The molecule has 0 radical (unpaired) electrons. The molecule has 1 N–H and O–H groups in total. The van der Waals surface area contributed by atoms with Crippen molar-refractivity contribution < 1.29 is 22.4 Å². The topological polar surface area (TPSA) is 107 Å². The van der Waals surface area contributed by atoms with Crippen LogP contribution in [0.4, 0.5) is 23.7 Å². The first kappa shape index (κ1) is 31.0. The van der Waals surface area contributed by atoms with Gasteiger partial charge >= 0.3 is 17.9 Å². The number of hydrogen-bond acceptors (Lipinski definition) is 6. The van der Waals surface area contributed by atoms with Crippen LogP contribution in [0.15, 0.2) is 76.2 Å². The van der Waals surface area contributed by atoms with Gasteiger partial charge in [-0.2, -0.15) is 18.3 Å². The van der Waals surface area contributed by atoms with Crippen molar-refractivity contribution in [2.24, 2.45) is 0 Å². The van der Waals surface area contributed by atoms with Crippen LogP contribution in [0.3, 0.4) is 0 Å². The van der Waals surface area contributed by atoms with Gasteiger partial charge in [0.25, 0.3) is 0 Å². The number of alkyl halides is 3. The van der Waals surface area contributed by atoms with Crippen LogP contribution in [0, 0.1) is 13.5 Å². The van der Waals surface area contributed by atoms with Crippen LogP contribution in [0.25, 0.3) is 27.6 Å². The molecule has 3 heterocycles. The van der Waals surface area contributed by atoms with Crippen molar-refractivity contribution in [3.63, 3.8) is 0 Å². The third-order valence-corrected chi connectivity index (χ3v) is 7.01. The quantitative estimate of drug-likeness (QED) is 0.227. The highest BCUT2D eigenvalue weighted by Crippen LogP contribution is 2.32. The number of aromatic nitrogens is 5. The molecule has 0 aliphatic rings. The van der Waals surface area contributed by atoms with Gasteiger partial charge in [-0.3, -0.25) is 4.57 Å². The zero-order valence-corrected chi connectivity index (χ0v) is 25.0. The summed E-state index contributed by atoms with van der Waals surface area (Å²) in [6.45, 7) is 12.5. The summed E-state index contributed by atoms with van der Waals surface area (Å²) >= 11 is 0. The van der Waals surface area contributed by atoms with Crippen LogP contribution in [-0.2, 0) is 18.3 Å². The largest absolute Gasteiger partial charge is 0.442 e. The molecule has 5 rings (SSSR count). The Morgan fingerprint density at radius 1 is 1.09 bits per heavy atom. The van der Waals surface area contributed by atoms with Crippen LogP contribution in [0.1, 0.15) is 36.8 Å². The molecule has 0 spiro atoms. The van der Waals surface area contributed by atoms with E-state index in [-0.39, 0.29) is 23.0 Å². The number of benzene rings is 2. The minimum atomic E-state index is -4.65. The zero-order chi connectivity index (χ0) is 32.7. The monoisotopic (exact) mass is 618 g/mol. The van der Waals surface area contributed by atoms with E-state index in [9.17, 15) is 22.8 Å². The number of oxazole rings is 1. The van der Waals surface area contributed by atoms with Crippen LogP contribution < -0.4 is 11.0 Å². The maximum Gasteiger partial charge on any atom is 0.416 e. The number of nitrogens with zero attached hydrogens (tertiary/aromatic N) is 7. The lowest BCUT2D eigenvalue weighted by atomic mass is 10.1. The van der Waals surface area contributed by atoms with E-state index in [1.807, 2.05) is 19.0 Å². The standard InChI is InChI=1S/C31H29F3N8O3/c1-19-26(25-14-15-37-42(25)22-12-10-21(35-4)11-13-22)41(29(44)40(19)23-9-7-8-20(16-23)31(32,33)34)28(43)38-30(2,3)27-36-17-24(45-27)18-39(5)6/h7-17H,18H2,1-3,5-6H3,(H,38,43). The van der Waals surface area contributed by atoms with Crippen LogP contribution in [-0.4, -0.2) is 48.9 Å². The van der Waals surface area contributed by atoms with E-state index in [4.69, 9.17) is 11.0 Å². The lowest BCUT2D eigenvalue weighted by Crippen LogP contribution is -2.46. The molecule has 0 saturated heterocycles. The average Bonchev–Trinajstić information content (AvgIpc) is 3.70. The van der Waals surface area contributed by atoms with E-state index in [0.717, 1.165) is 21.3 Å². The number of nitrogens with one attached hydrogen (secondary N) is 1.